The van der Waals surface area contributed by atoms with Gasteiger partial charge in [0.05, 0.1) is 24.6 Å². The van der Waals surface area contributed by atoms with Crippen molar-refractivity contribution in [1.29, 1.82) is 0 Å². The maximum absolute atomic E-state index is 13.6. The number of carbonyl (C=O) groups excluding carboxylic acids is 3. The van der Waals surface area contributed by atoms with E-state index in [4.69, 9.17) is 0 Å². The molecule has 1 fully saturated rings. The second kappa shape index (κ2) is 12.0. The Kier molecular flexibility index (Phi) is 8.21. The standard InChI is InChI=1S/C30H33N6O3P/c1-19-5-3-6-21(30(19)40)12-33-28(38)16-36(24-7-4-8-24)29(39)17-35-15-26(20(2)37)25-11-22(9-10-27(25)35)34-23-13-31-18-32-14-23/h3,5-6,9-11,13-15,18,24,34H,4,7-8,12,16-17,40H2,1-2H3,(H,33,38). The van der Waals surface area contributed by atoms with E-state index in [-0.39, 0.29) is 36.7 Å². The first kappa shape index (κ1) is 27.5. The lowest BCUT2D eigenvalue weighted by atomic mass is 9.91. The molecule has 0 saturated heterocycles. The Hall–Kier alpha value is -4.10. The van der Waals surface area contributed by atoms with Crippen molar-refractivity contribution in [3.8, 4) is 0 Å². The molecule has 0 aliphatic heterocycles. The summed E-state index contributed by atoms with van der Waals surface area (Å²) in [6, 6.07) is 11.7. The van der Waals surface area contributed by atoms with E-state index in [1.54, 1.807) is 28.1 Å². The third kappa shape index (κ3) is 6.05. The van der Waals surface area contributed by atoms with Crippen LogP contribution in [0.15, 0.2) is 61.3 Å². The van der Waals surface area contributed by atoms with E-state index in [0.29, 0.717) is 12.1 Å². The van der Waals surface area contributed by atoms with E-state index in [9.17, 15) is 14.4 Å². The van der Waals surface area contributed by atoms with Gasteiger partial charge in [0.15, 0.2) is 5.78 Å². The van der Waals surface area contributed by atoms with E-state index in [1.165, 1.54) is 13.3 Å². The summed E-state index contributed by atoms with van der Waals surface area (Å²) in [6.45, 7) is 4.00. The Labute approximate surface area is 235 Å². The summed E-state index contributed by atoms with van der Waals surface area (Å²) in [5.41, 5.74) is 5.00. The molecular weight excluding hydrogens is 523 g/mol. The number of hydrogen-bond acceptors (Lipinski definition) is 6. The van der Waals surface area contributed by atoms with Crippen molar-refractivity contribution < 1.29 is 14.4 Å². The molecule has 1 atom stereocenters. The van der Waals surface area contributed by atoms with Gasteiger partial charge in [-0.2, -0.15) is 0 Å². The van der Waals surface area contributed by atoms with Gasteiger partial charge in [0.25, 0.3) is 0 Å². The number of aromatic nitrogens is 3. The van der Waals surface area contributed by atoms with E-state index in [2.05, 4.69) is 29.8 Å². The van der Waals surface area contributed by atoms with Crippen LogP contribution in [-0.4, -0.2) is 49.6 Å². The average Bonchev–Trinajstić information content (AvgIpc) is 3.26. The fourth-order valence-electron chi connectivity index (χ4n) is 4.97. The maximum Gasteiger partial charge on any atom is 0.243 e. The number of nitrogens with one attached hydrogen (secondary N) is 2. The Bertz CT molecular complexity index is 1560. The third-order valence-electron chi connectivity index (χ3n) is 7.46. The van der Waals surface area contributed by atoms with Crippen LogP contribution in [0.1, 0.15) is 47.7 Å². The molecule has 206 valence electrons. The Morgan fingerprint density at radius 2 is 1.88 bits per heavy atom. The number of aryl methyl sites for hydroxylation is 1. The number of benzene rings is 2. The van der Waals surface area contributed by atoms with Gasteiger partial charge >= 0.3 is 0 Å². The molecule has 0 bridgehead atoms. The molecule has 2 aromatic heterocycles. The lowest BCUT2D eigenvalue weighted by Crippen LogP contribution is -2.50. The Morgan fingerprint density at radius 3 is 2.58 bits per heavy atom. The molecule has 1 aliphatic rings. The van der Waals surface area contributed by atoms with Crippen molar-refractivity contribution >= 4 is 54.4 Å². The number of Topliss-reactive ketones (excluding diaryl/α,β-unsaturated/α-hetero) is 1. The summed E-state index contributed by atoms with van der Waals surface area (Å²) in [5.74, 6) is -0.414. The van der Waals surface area contributed by atoms with E-state index >= 15 is 0 Å². The number of ketones is 1. The minimum absolute atomic E-state index is 0.00743. The summed E-state index contributed by atoms with van der Waals surface area (Å²) in [6.07, 6.45) is 9.33. The summed E-state index contributed by atoms with van der Waals surface area (Å²) in [7, 11) is 2.73. The maximum atomic E-state index is 13.6. The molecule has 1 saturated carbocycles. The van der Waals surface area contributed by atoms with Gasteiger partial charge in [-0.1, -0.05) is 18.2 Å². The van der Waals surface area contributed by atoms with Gasteiger partial charge in [0, 0.05) is 40.9 Å². The molecule has 1 aliphatic carbocycles. The zero-order valence-corrected chi connectivity index (χ0v) is 23.8. The Balaban J connectivity index is 1.32. The predicted molar refractivity (Wildman–Crippen MR) is 159 cm³/mol. The zero-order valence-electron chi connectivity index (χ0n) is 22.7. The highest BCUT2D eigenvalue weighted by Gasteiger charge is 2.30. The van der Waals surface area contributed by atoms with Crippen molar-refractivity contribution in [3.05, 3.63) is 78.0 Å². The summed E-state index contributed by atoms with van der Waals surface area (Å²) < 4.78 is 1.81. The first-order valence-corrected chi connectivity index (χ1v) is 13.9. The molecule has 4 aromatic rings. The normalized spacial score (nSPS) is 13.1. The van der Waals surface area contributed by atoms with Crippen molar-refractivity contribution in [2.45, 2.75) is 52.2 Å². The minimum Gasteiger partial charge on any atom is -0.353 e. The van der Waals surface area contributed by atoms with Gasteiger partial charge in [-0.05, 0) is 67.7 Å². The van der Waals surface area contributed by atoms with Gasteiger partial charge in [-0.3, -0.25) is 14.4 Å². The molecule has 2 aromatic carbocycles. The van der Waals surface area contributed by atoms with Crippen LogP contribution >= 0.6 is 9.24 Å². The van der Waals surface area contributed by atoms with Crippen molar-refractivity contribution in [1.82, 2.24) is 24.8 Å². The van der Waals surface area contributed by atoms with E-state index in [1.807, 2.05) is 43.3 Å². The summed E-state index contributed by atoms with van der Waals surface area (Å²) in [4.78, 5) is 48.8. The molecule has 2 heterocycles. The van der Waals surface area contributed by atoms with Gasteiger partial charge in [-0.15, -0.1) is 9.24 Å². The predicted octanol–water partition coefficient (Wildman–Crippen LogP) is 3.88. The fourth-order valence-corrected chi connectivity index (χ4v) is 5.27. The Morgan fingerprint density at radius 1 is 1.10 bits per heavy atom. The van der Waals surface area contributed by atoms with Crippen LogP contribution in [0.5, 0.6) is 0 Å². The number of carbonyl (C=O) groups is 3. The van der Waals surface area contributed by atoms with Gasteiger partial charge in [0.1, 0.15) is 12.9 Å². The largest absolute Gasteiger partial charge is 0.353 e. The molecule has 10 heteroatoms. The second-order valence-electron chi connectivity index (χ2n) is 10.2. The summed E-state index contributed by atoms with van der Waals surface area (Å²) >= 11 is 0. The van der Waals surface area contributed by atoms with E-state index < -0.39 is 0 Å². The molecule has 2 N–H and O–H groups in total. The van der Waals surface area contributed by atoms with Gasteiger partial charge in [-0.25, -0.2) is 9.97 Å². The molecule has 5 rings (SSSR count). The molecular formula is C30H33N6O3P. The van der Waals surface area contributed by atoms with Crippen molar-refractivity contribution in [3.63, 3.8) is 0 Å². The zero-order chi connectivity index (χ0) is 28.2. The number of rotatable bonds is 10. The van der Waals surface area contributed by atoms with Crippen LogP contribution in [0, 0.1) is 6.92 Å². The number of hydrogen-bond donors (Lipinski definition) is 2. The molecule has 2 amide bonds. The number of anilines is 2. The first-order chi connectivity index (χ1) is 19.3. The van der Waals surface area contributed by atoms with Crippen LogP contribution < -0.4 is 15.9 Å². The number of fused-ring (bicyclic) bond motifs is 1. The van der Waals surface area contributed by atoms with Crippen LogP contribution in [-0.2, 0) is 22.7 Å². The SMILES string of the molecule is CC(=O)c1cn(CC(=O)N(CC(=O)NCc2cccc(C)c2P)C2CCC2)c2ccc(Nc3cncnc3)cc12. The summed E-state index contributed by atoms with van der Waals surface area (Å²) in [5, 5.41) is 8.05. The molecule has 0 radical (unpaired) electrons. The third-order valence-corrected chi connectivity index (χ3v) is 8.28. The second-order valence-corrected chi connectivity index (χ2v) is 10.8. The highest BCUT2D eigenvalue weighted by Crippen LogP contribution is 2.29. The fraction of sp³-hybridized carbons (Fsp3) is 0.300. The number of amides is 2. The highest BCUT2D eigenvalue weighted by atomic mass is 31.0. The molecule has 9 nitrogen and oxygen atoms in total. The van der Waals surface area contributed by atoms with Crippen molar-refractivity contribution in [2.75, 3.05) is 11.9 Å². The van der Waals surface area contributed by atoms with Crippen LogP contribution in [0.2, 0.25) is 0 Å². The highest BCUT2D eigenvalue weighted by molar-refractivity contribution is 7.27. The van der Waals surface area contributed by atoms with Crippen LogP contribution in [0.3, 0.4) is 0 Å². The smallest absolute Gasteiger partial charge is 0.243 e. The lowest BCUT2D eigenvalue weighted by molar-refractivity contribution is -0.140. The first-order valence-electron chi connectivity index (χ1n) is 13.4. The number of nitrogens with zero attached hydrogens (tertiary/aromatic N) is 4. The lowest BCUT2D eigenvalue weighted by Gasteiger charge is -2.37. The average molecular weight is 557 g/mol. The van der Waals surface area contributed by atoms with Gasteiger partial charge in [0.2, 0.25) is 11.8 Å². The monoisotopic (exact) mass is 556 g/mol. The van der Waals surface area contributed by atoms with Crippen molar-refractivity contribution in [2.24, 2.45) is 0 Å². The topological polar surface area (TPSA) is 109 Å². The van der Waals surface area contributed by atoms with Gasteiger partial charge < -0.3 is 20.1 Å². The van der Waals surface area contributed by atoms with Crippen LogP contribution in [0.4, 0.5) is 11.4 Å². The molecule has 1 unspecified atom stereocenters. The minimum atomic E-state index is -0.187. The molecule has 0 spiro atoms. The van der Waals surface area contributed by atoms with E-state index in [0.717, 1.165) is 58.0 Å². The molecule has 40 heavy (non-hydrogen) atoms. The van der Waals surface area contributed by atoms with Crippen LogP contribution in [0.25, 0.3) is 10.9 Å². The quantitative estimate of drug-likeness (QED) is 0.227.